The molecule has 24 heavy (non-hydrogen) atoms. The second-order valence-corrected chi connectivity index (χ2v) is 4.68. The normalized spacial score (nSPS) is 10.2. The summed E-state index contributed by atoms with van der Waals surface area (Å²) < 4.78 is 4.27. The molecule has 2 N–H and O–H groups in total. The maximum absolute atomic E-state index is 11.9. The molecular formula is C13H13N5O6. The van der Waals surface area contributed by atoms with E-state index in [9.17, 15) is 24.9 Å². The highest BCUT2D eigenvalue weighted by Gasteiger charge is 2.22. The third-order valence-corrected chi connectivity index (χ3v) is 3.05. The maximum atomic E-state index is 11.9. The minimum atomic E-state index is -0.615. The van der Waals surface area contributed by atoms with Gasteiger partial charge in [0.2, 0.25) is 5.69 Å². The van der Waals surface area contributed by atoms with E-state index >= 15 is 0 Å². The highest BCUT2D eigenvalue weighted by Crippen LogP contribution is 2.12. The molecule has 0 aliphatic heterocycles. The first kappa shape index (κ1) is 16.9. The van der Waals surface area contributed by atoms with Crippen molar-refractivity contribution in [3.63, 3.8) is 0 Å². The lowest BCUT2D eigenvalue weighted by Gasteiger charge is -2.05. The summed E-state index contributed by atoms with van der Waals surface area (Å²) in [5.41, 5.74) is -0.179. The van der Waals surface area contributed by atoms with Gasteiger partial charge in [-0.1, -0.05) is 6.07 Å². The lowest BCUT2D eigenvalue weighted by molar-refractivity contribution is -0.806. The van der Waals surface area contributed by atoms with Crippen molar-refractivity contribution in [2.24, 2.45) is 0 Å². The average molecular weight is 335 g/mol. The van der Waals surface area contributed by atoms with E-state index in [1.54, 1.807) is 0 Å². The van der Waals surface area contributed by atoms with E-state index in [-0.39, 0.29) is 40.6 Å². The van der Waals surface area contributed by atoms with Gasteiger partial charge in [0.05, 0.1) is 10.1 Å². The summed E-state index contributed by atoms with van der Waals surface area (Å²) in [6, 6.07) is 5.27. The molecule has 0 saturated carbocycles. The predicted molar refractivity (Wildman–Crippen MR) is 78.0 cm³/mol. The lowest BCUT2D eigenvalue weighted by Crippen LogP contribution is -2.35. The molecule has 0 aliphatic rings. The molecule has 0 saturated heterocycles. The molecule has 0 radical (unpaired) electrons. The van der Waals surface area contributed by atoms with Crippen LogP contribution in [-0.2, 0) is 0 Å². The van der Waals surface area contributed by atoms with Crippen LogP contribution in [0.1, 0.15) is 26.5 Å². The number of nitrogens with zero attached hydrogens (tertiary/aromatic N) is 3. The molecule has 1 aromatic carbocycles. The maximum Gasteiger partial charge on any atom is 0.308 e. The van der Waals surface area contributed by atoms with Crippen molar-refractivity contribution in [2.45, 2.75) is 6.92 Å². The molecule has 1 aromatic heterocycles. The highest BCUT2D eigenvalue weighted by atomic mass is 16.8. The van der Waals surface area contributed by atoms with E-state index in [4.69, 9.17) is 0 Å². The fourth-order valence-corrected chi connectivity index (χ4v) is 1.80. The number of nitro groups is 1. The van der Waals surface area contributed by atoms with Crippen molar-refractivity contribution in [3.05, 3.63) is 56.5 Å². The second kappa shape index (κ2) is 7.17. The van der Waals surface area contributed by atoms with E-state index < -0.39 is 16.7 Å². The van der Waals surface area contributed by atoms with Gasteiger partial charge in [-0.25, -0.2) is 0 Å². The van der Waals surface area contributed by atoms with E-state index in [0.29, 0.717) is 0 Å². The van der Waals surface area contributed by atoms with Crippen LogP contribution in [0.5, 0.6) is 0 Å². The molecule has 1 heterocycles. The van der Waals surface area contributed by atoms with Crippen molar-refractivity contribution >= 4 is 17.5 Å². The first-order valence-corrected chi connectivity index (χ1v) is 6.77. The van der Waals surface area contributed by atoms with Gasteiger partial charge in [-0.3, -0.25) is 24.3 Å². The van der Waals surface area contributed by atoms with Crippen LogP contribution in [0, 0.1) is 22.2 Å². The fourth-order valence-electron chi connectivity index (χ4n) is 1.80. The van der Waals surface area contributed by atoms with Gasteiger partial charge < -0.3 is 15.8 Å². The smallest absolute Gasteiger partial charge is 0.308 e. The SMILES string of the molecule is Cc1c(C(=O)NCCNC(=O)c2cccc([N+](=O)[O-])c2)no[n+]1[O-]. The van der Waals surface area contributed by atoms with Crippen LogP contribution in [-0.4, -0.2) is 35.0 Å². The lowest BCUT2D eigenvalue weighted by atomic mass is 10.2. The van der Waals surface area contributed by atoms with E-state index in [2.05, 4.69) is 20.4 Å². The molecule has 0 bridgehead atoms. The van der Waals surface area contributed by atoms with Crippen LogP contribution >= 0.6 is 0 Å². The van der Waals surface area contributed by atoms with E-state index in [1.807, 2.05) is 0 Å². The number of hydrogen-bond acceptors (Lipinski definition) is 7. The Morgan fingerprint density at radius 2 is 1.96 bits per heavy atom. The number of nitrogens with one attached hydrogen (secondary N) is 2. The zero-order valence-corrected chi connectivity index (χ0v) is 12.5. The van der Waals surface area contributed by atoms with Crippen molar-refractivity contribution < 1.29 is 24.0 Å². The van der Waals surface area contributed by atoms with Gasteiger partial charge in [0.25, 0.3) is 11.6 Å². The number of carbonyl (C=O) groups excluding carboxylic acids is 2. The number of benzene rings is 1. The topological polar surface area (TPSA) is 154 Å². The molecule has 0 spiro atoms. The van der Waals surface area contributed by atoms with Crippen molar-refractivity contribution in [3.8, 4) is 0 Å². The quantitative estimate of drug-likeness (QED) is 0.317. The summed E-state index contributed by atoms with van der Waals surface area (Å²) in [7, 11) is 0. The Balaban J connectivity index is 1.83. The molecule has 0 aliphatic carbocycles. The zero-order valence-electron chi connectivity index (χ0n) is 12.5. The Labute approximate surface area is 134 Å². The zero-order chi connectivity index (χ0) is 17.7. The molecule has 2 amide bonds. The summed E-state index contributed by atoms with van der Waals surface area (Å²) in [6.45, 7) is 1.54. The van der Waals surface area contributed by atoms with Crippen LogP contribution in [0.25, 0.3) is 0 Å². The number of rotatable bonds is 6. The predicted octanol–water partition coefficient (Wildman–Crippen LogP) is -0.316. The van der Waals surface area contributed by atoms with Gasteiger partial charge in [-0.15, -0.1) is 0 Å². The number of nitro benzene ring substituents is 1. The summed E-state index contributed by atoms with van der Waals surface area (Å²) in [5, 5.41) is 29.9. The average Bonchev–Trinajstić information content (AvgIpc) is 2.90. The number of non-ortho nitro benzene ring substituents is 1. The van der Waals surface area contributed by atoms with Crippen molar-refractivity contribution in [2.75, 3.05) is 13.1 Å². The monoisotopic (exact) mass is 335 g/mol. The molecule has 0 atom stereocenters. The summed E-state index contributed by atoms with van der Waals surface area (Å²) >= 11 is 0. The van der Waals surface area contributed by atoms with Crippen LogP contribution in [0.3, 0.4) is 0 Å². The summed E-state index contributed by atoms with van der Waals surface area (Å²) in [6.07, 6.45) is 0. The first-order valence-electron chi connectivity index (χ1n) is 6.77. The molecule has 11 heteroatoms. The van der Waals surface area contributed by atoms with Crippen LogP contribution in [0.4, 0.5) is 5.69 Å². The number of aromatic nitrogens is 2. The van der Waals surface area contributed by atoms with Gasteiger partial charge in [-0.2, -0.15) is 0 Å². The van der Waals surface area contributed by atoms with Crippen LogP contribution in [0.15, 0.2) is 28.9 Å². The number of amides is 2. The fraction of sp³-hybridized carbons (Fsp3) is 0.231. The van der Waals surface area contributed by atoms with Gasteiger partial charge in [0, 0.05) is 37.7 Å². The van der Waals surface area contributed by atoms with Gasteiger partial charge in [0.15, 0.2) is 0 Å². The Kier molecular flexibility index (Phi) is 5.04. The van der Waals surface area contributed by atoms with Gasteiger partial charge in [-0.05, 0) is 11.0 Å². The van der Waals surface area contributed by atoms with E-state index in [0.717, 1.165) is 6.07 Å². The largest absolute Gasteiger partial charge is 0.359 e. The third kappa shape index (κ3) is 3.82. The Hall–Kier alpha value is -3.50. The molecule has 11 nitrogen and oxygen atoms in total. The molecule has 0 fully saturated rings. The minimum Gasteiger partial charge on any atom is -0.359 e. The standard InChI is InChI=1S/C13H13N5O6/c1-8-11(16-24-18(8)23)13(20)15-6-5-14-12(19)9-3-2-4-10(7-9)17(21)22/h2-4,7H,5-6H2,1H3,(H,14,19)(H,15,20). The number of carbonyl (C=O) groups is 2. The first-order chi connectivity index (χ1) is 11.4. The van der Waals surface area contributed by atoms with Crippen molar-refractivity contribution in [1.29, 1.82) is 0 Å². The summed E-state index contributed by atoms with van der Waals surface area (Å²) in [5.74, 6) is -1.13. The summed E-state index contributed by atoms with van der Waals surface area (Å²) in [4.78, 5) is 33.8. The van der Waals surface area contributed by atoms with Gasteiger partial charge in [0.1, 0.15) is 0 Å². The second-order valence-electron chi connectivity index (χ2n) is 4.68. The molecule has 2 rings (SSSR count). The Bertz CT molecular complexity index is 787. The molecule has 2 aromatic rings. The van der Waals surface area contributed by atoms with Crippen LogP contribution in [0.2, 0.25) is 0 Å². The van der Waals surface area contributed by atoms with E-state index in [1.165, 1.54) is 25.1 Å². The van der Waals surface area contributed by atoms with Crippen molar-refractivity contribution in [1.82, 2.24) is 15.8 Å². The molecular weight excluding hydrogens is 322 g/mol. The molecule has 0 unspecified atom stereocenters. The Morgan fingerprint density at radius 3 is 2.54 bits per heavy atom. The van der Waals surface area contributed by atoms with Crippen LogP contribution < -0.4 is 15.5 Å². The number of hydrogen-bond donors (Lipinski definition) is 2. The minimum absolute atomic E-state index is 0.0214. The Morgan fingerprint density at radius 1 is 1.29 bits per heavy atom. The third-order valence-electron chi connectivity index (χ3n) is 3.05. The highest BCUT2D eigenvalue weighted by molar-refractivity contribution is 5.95. The van der Waals surface area contributed by atoms with Gasteiger partial charge >= 0.3 is 11.6 Å². The molecule has 126 valence electrons.